The molecule has 2 N–H and O–H groups in total. The van der Waals surface area contributed by atoms with Gasteiger partial charge in [0.2, 0.25) is 0 Å². The summed E-state index contributed by atoms with van der Waals surface area (Å²) in [5.74, 6) is -1.83. The van der Waals surface area contributed by atoms with Gasteiger partial charge < -0.3 is 19.7 Å². The zero-order valence-electron chi connectivity index (χ0n) is 26.0. The van der Waals surface area contributed by atoms with E-state index < -0.39 is 18.2 Å². The van der Waals surface area contributed by atoms with Crippen LogP contribution in [0, 0.1) is 11.8 Å². The molecule has 1 amide bonds. The largest absolute Gasteiger partial charge is 0.573 e. The van der Waals surface area contributed by atoms with Crippen LogP contribution < -0.4 is 10.1 Å². The van der Waals surface area contributed by atoms with Crippen LogP contribution in [-0.2, 0) is 16.6 Å². The van der Waals surface area contributed by atoms with E-state index in [-0.39, 0.29) is 35.8 Å². The molecule has 0 aliphatic heterocycles. The smallest absolute Gasteiger partial charge is 0.481 e. The molecule has 1 aliphatic carbocycles. The van der Waals surface area contributed by atoms with Crippen molar-refractivity contribution in [1.82, 2.24) is 9.88 Å². The molecule has 1 saturated carbocycles. The molecule has 0 spiro atoms. The first-order valence-electron chi connectivity index (χ1n) is 15.3. The number of hydrogen-bond acceptors (Lipinski definition) is 4. The topological polar surface area (TPSA) is 97.6 Å². The number of ketones is 1. The second kappa shape index (κ2) is 13.0. The van der Waals surface area contributed by atoms with Crippen LogP contribution in [0.2, 0.25) is 0 Å². The normalized spacial score (nSPS) is 14.2. The fourth-order valence-corrected chi connectivity index (χ4v) is 5.67. The Kier molecular flexibility index (Phi) is 9.28. The lowest BCUT2D eigenvalue weighted by atomic mass is 9.87. The van der Waals surface area contributed by atoms with Crippen molar-refractivity contribution in [2.45, 2.75) is 64.7 Å². The molecule has 4 aromatic rings. The van der Waals surface area contributed by atoms with Crippen LogP contribution in [0.1, 0.15) is 78.4 Å². The molecule has 1 aromatic heterocycles. The van der Waals surface area contributed by atoms with E-state index in [4.69, 9.17) is 5.11 Å². The number of hydrogen-bond donors (Lipinski definition) is 2. The first-order chi connectivity index (χ1) is 21.7. The van der Waals surface area contributed by atoms with Gasteiger partial charge in [-0.3, -0.25) is 14.4 Å². The van der Waals surface area contributed by atoms with Crippen LogP contribution in [0.5, 0.6) is 5.75 Å². The lowest BCUT2D eigenvalue weighted by Crippen LogP contribution is -2.26. The minimum absolute atomic E-state index is 0.0185. The molecule has 5 rings (SSSR count). The number of nitrogens with one attached hydrogen (secondary N) is 1. The molecule has 3 aromatic carbocycles. The van der Waals surface area contributed by atoms with E-state index in [9.17, 15) is 27.6 Å². The lowest BCUT2D eigenvalue weighted by Gasteiger charge is -2.21. The molecule has 46 heavy (non-hydrogen) atoms. The van der Waals surface area contributed by atoms with Crippen molar-refractivity contribution in [2.75, 3.05) is 6.54 Å². The van der Waals surface area contributed by atoms with Crippen molar-refractivity contribution in [3.8, 4) is 11.4 Å². The third-order valence-electron chi connectivity index (χ3n) is 8.26. The number of Topliss-reactive ketones (excluding diaryl/α,β-unsaturated/α-hetero) is 1. The van der Waals surface area contributed by atoms with E-state index in [2.05, 4.69) is 30.8 Å². The fourth-order valence-electron chi connectivity index (χ4n) is 5.67. The number of halogens is 3. The molecule has 0 saturated heterocycles. The Morgan fingerprint density at radius 2 is 1.63 bits per heavy atom. The van der Waals surface area contributed by atoms with Gasteiger partial charge in [0.15, 0.2) is 5.78 Å². The van der Waals surface area contributed by atoms with E-state index in [1.165, 1.54) is 12.1 Å². The van der Waals surface area contributed by atoms with Gasteiger partial charge in [0.1, 0.15) is 5.75 Å². The third kappa shape index (κ3) is 8.16. The number of carbonyl (C=O) groups is 3. The van der Waals surface area contributed by atoms with Crippen LogP contribution in [0.15, 0.2) is 72.8 Å². The molecular formula is C36H37F3N2O5. The summed E-state index contributed by atoms with van der Waals surface area (Å²) >= 11 is 0. The van der Waals surface area contributed by atoms with Crippen molar-refractivity contribution < 1.29 is 37.4 Å². The highest BCUT2D eigenvalue weighted by atomic mass is 19.4. The quantitative estimate of drug-likeness (QED) is 0.155. The Labute approximate surface area is 265 Å². The van der Waals surface area contributed by atoms with Crippen molar-refractivity contribution >= 4 is 28.6 Å². The number of carboxylic acids is 1. The maximum Gasteiger partial charge on any atom is 0.573 e. The number of aliphatic carboxylic acids is 1. The minimum Gasteiger partial charge on any atom is -0.481 e. The summed E-state index contributed by atoms with van der Waals surface area (Å²) in [6.07, 6.45) is -1.86. The van der Waals surface area contributed by atoms with Crippen LogP contribution in [0.4, 0.5) is 13.2 Å². The summed E-state index contributed by atoms with van der Waals surface area (Å²) in [4.78, 5) is 37.6. The van der Waals surface area contributed by atoms with E-state index in [1.54, 1.807) is 36.4 Å². The van der Waals surface area contributed by atoms with Gasteiger partial charge in [-0.1, -0.05) is 57.9 Å². The highest BCUT2D eigenvalue weighted by Gasteiger charge is 2.33. The van der Waals surface area contributed by atoms with Crippen molar-refractivity contribution in [2.24, 2.45) is 11.8 Å². The van der Waals surface area contributed by atoms with Crippen molar-refractivity contribution in [3.05, 3.63) is 95.2 Å². The number of rotatable bonds is 12. The number of amides is 1. The van der Waals surface area contributed by atoms with Gasteiger partial charge in [-0.25, -0.2) is 0 Å². The standard InChI is InChI=1S/C36H37F3N2O5/c1-35(2,3)27-10-12-28(13-11-27)41-30-15-14-29(46-36(37,38)39)20-25(30)21-31(41)33(44)26(18-22-4-5-22)19-23-6-8-24(9-7-23)34(45)40-17-16-32(42)43/h6-15,20-22,26H,4-5,16-19H2,1-3H3,(H,40,45)(H,42,43). The Balaban J connectivity index is 1.48. The number of alkyl halides is 3. The molecular weight excluding hydrogens is 597 g/mol. The Bertz CT molecular complexity index is 1730. The molecule has 1 heterocycles. The number of nitrogens with zero attached hydrogens (tertiary/aromatic N) is 1. The summed E-state index contributed by atoms with van der Waals surface area (Å²) in [6, 6.07) is 20.5. The van der Waals surface area contributed by atoms with E-state index >= 15 is 0 Å². The predicted molar refractivity (Wildman–Crippen MR) is 169 cm³/mol. The van der Waals surface area contributed by atoms with Gasteiger partial charge >= 0.3 is 12.3 Å². The molecule has 1 atom stereocenters. The van der Waals surface area contributed by atoms with Gasteiger partial charge in [-0.05, 0) is 83.8 Å². The average Bonchev–Trinajstić information content (AvgIpc) is 3.72. The van der Waals surface area contributed by atoms with Gasteiger partial charge in [-0.15, -0.1) is 13.2 Å². The molecule has 1 fully saturated rings. The lowest BCUT2D eigenvalue weighted by molar-refractivity contribution is -0.274. The maximum absolute atomic E-state index is 14.4. The Morgan fingerprint density at radius 3 is 2.22 bits per heavy atom. The highest BCUT2D eigenvalue weighted by Crippen LogP contribution is 2.39. The van der Waals surface area contributed by atoms with Gasteiger partial charge in [0, 0.05) is 29.1 Å². The third-order valence-corrected chi connectivity index (χ3v) is 8.26. The minimum atomic E-state index is -4.85. The second-order valence-corrected chi connectivity index (χ2v) is 13.0. The second-order valence-electron chi connectivity index (χ2n) is 13.0. The number of ether oxygens (including phenoxy) is 1. The van der Waals surface area contributed by atoms with Crippen LogP contribution in [0.3, 0.4) is 0 Å². The molecule has 7 nitrogen and oxygen atoms in total. The number of carbonyl (C=O) groups excluding carboxylic acids is 2. The molecule has 1 unspecified atom stereocenters. The van der Waals surface area contributed by atoms with Crippen LogP contribution >= 0.6 is 0 Å². The number of aromatic nitrogens is 1. The first kappa shape index (κ1) is 32.8. The van der Waals surface area contributed by atoms with Crippen molar-refractivity contribution in [1.29, 1.82) is 0 Å². The molecule has 242 valence electrons. The average molecular weight is 635 g/mol. The summed E-state index contributed by atoms with van der Waals surface area (Å²) in [7, 11) is 0. The molecule has 0 bridgehead atoms. The fraction of sp³-hybridized carbons (Fsp3) is 0.361. The van der Waals surface area contributed by atoms with Gasteiger partial charge in [0.25, 0.3) is 5.91 Å². The Hall–Kier alpha value is -4.60. The molecule has 10 heteroatoms. The first-order valence-corrected chi connectivity index (χ1v) is 15.3. The molecule has 0 radical (unpaired) electrons. The SMILES string of the molecule is CC(C)(C)c1ccc(-n2c(C(=O)C(Cc3ccc(C(=O)NCCC(=O)O)cc3)CC3CC3)cc3cc(OC(F)(F)F)ccc32)cc1. The number of fused-ring (bicyclic) bond motifs is 1. The highest BCUT2D eigenvalue weighted by molar-refractivity contribution is 6.03. The summed E-state index contributed by atoms with van der Waals surface area (Å²) in [5, 5.41) is 11.8. The molecule has 1 aliphatic rings. The van der Waals surface area contributed by atoms with Gasteiger partial charge in [0.05, 0.1) is 17.6 Å². The van der Waals surface area contributed by atoms with Crippen molar-refractivity contribution in [3.63, 3.8) is 0 Å². The van der Waals surface area contributed by atoms with Gasteiger partial charge in [-0.2, -0.15) is 0 Å². The monoisotopic (exact) mass is 634 g/mol. The van der Waals surface area contributed by atoms with E-state index in [0.717, 1.165) is 29.7 Å². The van der Waals surface area contributed by atoms with E-state index in [1.807, 2.05) is 28.8 Å². The summed E-state index contributed by atoms with van der Waals surface area (Å²) in [5.41, 5.74) is 3.94. The summed E-state index contributed by atoms with van der Waals surface area (Å²) in [6.45, 7) is 6.33. The zero-order chi connectivity index (χ0) is 33.2. The Morgan fingerprint density at radius 1 is 0.957 bits per heavy atom. The van der Waals surface area contributed by atoms with Crippen LogP contribution in [-0.4, -0.2) is 40.2 Å². The summed E-state index contributed by atoms with van der Waals surface area (Å²) < 4.78 is 45.1. The van der Waals surface area contributed by atoms with Crippen LogP contribution in [0.25, 0.3) is 16.6 Å². The van der Waals surface area contributed by atoms with E-state index in [0.29, 0.717) is 40.9 Å². The number of benzene rings is 3. The predicted octanol–water partition coefficient (Wildman–Crippen LogP) is 7.87. The number of carboxylic acid groups (broad SMARTS) is 1. The zero-order valence-corrected chi connectivity index (χ0v) is 26.0. The maximum atomic E-state index is 14.4.